The van der Waals surface area contributed by atoms with Gasteiger partial charge < -0.3 is 10.8 Å². The number of rotatable bonds is 4. The lowest BCUT2D eigenvalue weighted by Gasteiger charge is -2.10. The Labute approximate surface area is 78.7 Å². The van der Waals surface area contributed by atoms with Gasteiger partial charge in [-0.1, -0.05) is 36.9 Å². The van der Waals surface area contributed by atoms with E-state index in [0.29, 0.717) is 6.42 Å². The van der Waals surface area contributed by atoms with Gasteiger partial charge >= 0.3 is 0 Å². The molecule has 0 saturated heterocycles. The number of benzene rings is 1. The monoisotopic (exact) mass is 177 g/mol. The average Bonchev–Trinajstić information content (AvgIpc) is 2.18. The van der Waals surface area contributed by atoms with E-state index in [2.05, 4.69) is 6.58 Å². The van der Waals surface area contributed by atoms with Gasteiger partial charge in [-0.15, -0.1) is 0 Å². The summed E-state index contributed by atoms with van der Waals surface area (Å²) < 4.78 is 0. The molecule has 0 aliphatic heterocycles. The third-order valence-corrected chi connectivity index (χ3v) is 2.01. The van der Waals surface area contributed by atoms with Gasteiger partial charge in [0.2, 0.25) is 0 Å². The minimum atomic E-state index is -0.0788. The van der Waals surface area contributed by atoms with Crippen LogP contribution < -0.4 is 5.73 Å². The topological polar surface area (TPSA) is 46.2 Å². The maximum absolute atomic E-state index is 8.72. The van der Waals surface area contributed by atoms with Gasteiger partial charge in [-0.2, -0.15) is 0 Å². The lowest BCUT2D eigenvalue weighted by molar-refractivity contribution is 0.276. The normalized spacial score (nSPS) is 12.5. The number of aliphatic hydroxyl groups is 1. The van der Waals surface area contributed by atoms with E-state index < -0.39 is 0 Å². The summed E-state index contributed by atoms with van der Waals surface area (Å²) in [6.07, 6.45) is 2.38. The van der Waals surface area contributed by atoms with Gasteiger partial charge in [-0.25, -0.2) is 0 Å². The molecule has 0 radical (unpaired) electrons. The fraction of sp³-hybridized carbons (Fsp3) is 0.273. The molecule has 1 aromatic carbocycles. The largest absolute Gasteiger partial charge is 0.396 e. The first-order valence-corrected chi connectivity index (χ1v) is 4.36. The van der Waals surface area contributed by atoms with E-state index in [4.69, 9.17) is 10.8 Å². The van der Waals surface area contributed by atoms with Gasteiger partial charge in [0.1, 0.15) is 0 Å². The zero-order chi connectivity index (χ0) is 9.68. The van der Waals surface area contributed by atoms with Crippen LogP contribution in [0.2, 0.25) is 0 Å². The van der Waals surface area contributed by atoms with Gasteiger partial charge in [0, 0.05) is 12.6 Å². The Kier molecular flexibility index (Phi) is 3.68. The Morgan fingerprint density at radius 3 is 2.92 bits per heavy atom. The molecule has 2 heteroatoms. The van der Waals surface area contributed by atoms with Crippen LogP contribution in [0.15, 0.2) is 30.8 Å². The highest BCUT2D eigenvalue weighted by Gasteiger charge is 2.04. The molecular formula is C11H15NO. The van der Waals surface area contributed by atoms with E-state index in [1.807, 2.05) is 24.3 Å². The molecule has 0 aromatic heterocycles. The Morgan fingerprint density at radius 2 is 2.31 bits per heavy atom. The van der Waals surface area contributed by atoms with Crippen LogP contribution in [0.1, 0.15) is 23.6 Å². The van der Waals surface area contributed by atoms with Crippen molar-refractivity contribution in [3.63, 3.8) is 0 Å². The van der Waals surface area contributed by atoms with Crippen LogP contribution >= 0.6 is 0 Å². The highest BCUT2D eigenvalue weighted by molar-refractivity contribution is 5.48. The third kappa shape index (κ3) is 2.68. The van der Waals surface area contributed by atoms with Gasteiger partial charge in [0.25, 0.3) is 0 Å². The summed E-state index contributed by atoms with van der Waals surface area (Å²) in [5.74, 6) is 0. The Hall–Kier alpha value is -1.12. The summed E-state index contributed by atoms with van der Waals surface area (Å²) in [5.41, 5.74) is 7.94. The molecule has 1 rings (SSSR count). The van der Waals surface area contributed by atoms with Crippen molar-refractivity contribution >= 4 is 6.08 Å². The van der Waals surface area contributed by atoms with Gasteiger partial charge in [0.15, 0.2) is 0 Å². The van der Waals surface area contributed by atoms with Crippen molar-refractivity contribution in [2.45, 2.75) is 12.5 Å². The lowest BCUT2D eigenvalue weighted by Crippen LogP contribution is -2.11. The van der Waals surface area contributed by atoms with Crippen molar-refractivity contribution in [2.24, 2.45) is 5.73 Å². The molecule has 1 unspecified atom stereocenters. The summed E-state index contributed by atoms with van der Waals surface area (Å²) in [7, 11) is 0. The fourth-order valence-corrected chi connectivity index (χ4v) is 1.22. The second-order valence-corrected chi connectivity index (χ2v) is 2.99. The molecule has 0 amide bonds. The summed E-state index contributed by atoms with van der Waals surface area (Å²) in [6, 6.07) is 7.80. The molecule has 0 fully saturated rings. The van der Waals surface area contributed by atoms with Crippen LogP contribution in [0, 0.1) is 0 Å². The molecule has 3 N–H and O–H groups in total. The number of aliphatic hydroxyl groups excluding tert-OH is 1. The summed E-state index contributed by atoms with van der Waals surface area (Å²) in [5, 5.41) is 8.72. The van der Waals surface area contributed by atoms with Crippen LogP contribution in [0.4, 0.5) is 0 Å². The zero-order valence-corrected chi connectivity index (χ0v) is 7.61. The molecule has 0 aliphatic carbocycles. The average molecular weight is 177 g/mol. The minimum Gasteiger partial charge on any atom is -0.396 e. The van der Waals surface area contributed by atoms with Crippen molar-refractivity contribution in [1.82, 2.24) is 0 Å². The van der Waals surface area contributed by atoms with E-state index in [1.54, 1.807) is 6.08 Å². The number of nitrogens with two attached hydrogens (primary N) is 1. The number of hydrogen-bond donors (Lipinski definition) is 2. The molecular weight excluding hydrogens is 162 g/mol. The first kappa shape index (κ1) is 9.96. The van der Waals surface area contributed by atoms with Crippen molar-refractivity contribution in [1.29, 1.82) is 0 Å². The SMILES string of the molecule is C=Cc1cccc(C(N)CCO)c1. The van der Waals surface area contributed by atoms with E-state index in [-0.39, 0.29) is 12.6 Å². The quantitative estimate of drug-likeness (QED) is 0.735. The van der Waals surface area contributed by atoms with Crippen molar-refractivity contribution in [3.05, 3.63) is 42.0 Å². The van der Waals surface area contributed by atoms with E-state index in [1.165, 1.54) is 0 Å². The van der Waals surface area contributed by atoms with E-state index in [9.17, 15) is 0 Å². The first-order valence-electron chi connectivity index (χ1n) is 4.36. The van der Waals surface area contributed by atoms with E-state index >= 15 is 0 Å². The first-order chi connectivity index (χ1) is 6.27. The highest BCUT2D eigenvalue weighted by Crippen LogP contribution is 2.15. The smallest absolute Gasteiger partial charge is 0.0449 e. The van der Waals surface area contributed by atoms with Crippen molar-refractivity contribution in [3.8, 4) is 0 Å². The zero-order valence-electron chi connectivity index (χ0n) is 7.61. The number of hydrogen-bond acceptors (Lipinski definition) is 2. The maximum atomic E-state index is 8.72. The van der Waals surface area contributed by atoms with Crippen LogP contribution in [0.5, 0.6) is 0 Å². The van der Waals surface area contributed by atoms with Crippen molar-refractivity contribution in [2.75, 3.05) is 6.61 Å². The molecule has 0 heterocycles. The third-order valence-electron chi connectivity index (χ3n) is 2.01. The van der Waals surface area contributed by atoms with Crippen molar-refractivity contribution < 1.29 is 5.11 Å². The molecule has 0 spiro atoms. The Balaban J connectivity index is 2.81. The molecule has 1 atom stereocenters. The standard InChI is InChI=1S/C11H15NO/c1-2-9-4-3-5-10(8-9)11(12)6-7-13/h2-5,8,11,13H,1,6-7,12H2. The van der Waals surface area contributed by atoms with Crippen LogP contribution in [-0.4, -0.2) is 11.7 Å². The summed E-state index contributed by atoms with van der Waals surface area (Å²) in [6.45, 7) is 3.81. The fourth-order valence-electron chi connectivity index (χ4n) is 1.22. The van der Waals surface area contributed by atoms with Gasteiger partial charge in [-0.3, -0.25) is 0 Å². The Bertz CT molecular complexity index is 283. The van der Waals surface area contributed by atoms with Crippen LogP contribution in [0.3, 0.4) is 0 Å². The van der Waals surface area contributed by atoms with E-state index in [0.717, 1.165) is 11.1 Å². The molecule has 2 nitrogen and oxygen atoms in total. The second kappa shape index (κ2) is 4.80. The Morgan fingerprint density at radius 1 is 1.54 bits per heavy atom. The molecule has 1 aromatic rings. The van der Waals surface area contributed by atoms with Crippen LogP contribution in [-0.2, 0) is 0 Å². The maximum Gasteiger partial charge on any atom is 0.0449 e. The van der Waals surface area contributed by atoms with Crippen LogP contribution in [0.25, 0.3) is 6.08 Å². The summed E-state index contributed by atoms with van der Waals surface area (Å²) >= 11 is 0. The van der Waals surface area contributed by atoms with Gasteiger partial charge in [-0.05, 0) is 17.5 Å². The predicted molar refractivity (Wildman–Crippen MR) is 55.2 cm³/mol. The molecule has 70 valence electrons. The molecule has 13 heavy (non-hydrogen) atoms. The lowest BCUT2D eigenvalue weighted by atomic mass is 10.0. The highest BCUT2D eigenvalue weighted by atomic mass is 16.3. The molecule has 0 saturated carbocycles. The molecule has 0 bridgehead atoms. The second-order valence-electron chi connectivity index (χ2n) is 2.99. The van der Waals surface area contributed by atoms with Gasteiger partial charge in [0.05, 0.1) is 0 Å². The summed E-state index contributed by atoms with van der Waals surface area (Å²) in [4.78, 5) is 0. The molecule has 0 aliphatic rings. The predicted octanol–water partition coefficient (Wildman–Crippen LogP) is 1.71. The minimum absolute atomic E-state index is 0.0788.